The molecule has 2 heterocycles. The summed E-state index contributed by atoms with van der Waals surface area (Å²) in [4.78, 5) is 12.9. The lowest BCUT2D eigenvalue weighted by Crippen LogP contribution is -2.46. The van der Waals surface area contributed by atoms with Crippen molar-refractivity contribution in [3.05, 3.63) is 41.7 Å². The maximum absolute atomic E-state index is 7.87. The van der Waals surface area contributed by atoms with E-state index in [1.807, 2.05) is 12.1 Å². The Labute approximate surface area is 155 Å². The van der Waals surface area contributed by atoms with Gasteiger partial charge in [0.25, 0.3) is 0 Å². The number of anilines is 2. The molecule has 1 saturated heterocycles. The van der Waals surface area contributed by atoms with Gasteiger partial charge < -0.3 is 15.4 Å². The Balaban J connectivity index is 1.64. The van der Waals surface area contributed by atoms with Gasteiger partial charge in [0.05, 0.1) is 12.7 Å². The number of nitrogen functional groups attached to an aromatic ring is 1. The standard InChI is InChI=1S/C17H21BrN6O/c1-25-13-4-2-12(3-5-13)10-23-6-8-24(9-7-23)17-14(15(18)19)16(20)21-11-22-17/h2-5,11,19H,6-10H2,1H3,(H2,20,21,22). The van der Waals surface area contributed by atoms with Gasteiger partial charge in [0.1, 0.15) is 28.3 Å². The summed E-state index contributed by atoms with van der Waals surface area (Å²) in [6.07, 6.45) is 1.45. The summed E-state index contributed by atoms with van der Waals surface area (Å²) < 4.78 is 5.41. The van der Waals surface area contributed by atoms with Crippen molar-refractivity contribution in [1.29, 1.82) is 5.41 Å². The van der Waals surface area contributed by atoms with E-state index < -0.39 is 0 Å². The Morgan fingerprint density at radius 3 is 2.48 bits per heavy atom. The van der Waals surface area contributed by atoms with Gasteiger partial charge >= 0.3 is 0 Å². The van der Waals surface area contributed by atoms with E-state index in [1.165, 1.54) is 11.9 Å². The summed E-state index contributed by atoms with van der Waals surface area (Å²) in [6, 6.07) is 8.17. The van der Waals surface area contributed by atoms with Crippen LogP contribution >= 0.6 is 15.9 Å². The van der Waals surface area contributed by atoms with Crippen LogP contribution in [0.3, 0.4) is 0 Å². The monoisotopic (exact) mass is 404 g/mol. The molecular weight excluding hydrogens is 384 g/mol. The first-order valence-corrected chi connectivity index (χ1v) is 8.83. The zero-order chi connectivity index (χ0) is 17.8. The molecule has 1 aromatic carbocycles. The lowest BCUT2D eigenvalue weighted by Gasteiger charge is -2.36. The Kier molecular flexibility index (Phi) is 5.50. The van der Waals surface area contributed by atoms with Crippen LogP contribution in [0, 0.1) is 5.41 Å². The molecule has 0 saturated carbocycles. The number of hydrogen-bond donors (Lipinski definition) is 2. The Morgan fingerprint density at radius 1 is 1.20 bits per heavy atom. The van der Waals surface area contributed by atoms with Gasteiger partial charge in [0.15, 0.2) is 0 Å². The molecule has 1 aliphatic rings. The number of hydrogen-bond acceptors (Lipinski definition) is 7. The van der Waals surface area contributed by atoms with Crippen molar-refractivity contribution >= 4 is 32.2 Å². The topological polar surface area (TPSA) is 91.4 Å². The van der Waals surface area contributed by atoms with Crippen molar-refractivity contribution in [3.63, 3.8) is 0 Å². The third-order valence-corrected chi connectivity index (χ3v) is 4.71. The molecular formula is C17H21BrN6O. The number of ether oxygens (including phenoxy) is 1. The molecule has 0 radical (unpaired) electrons. The predicted octanol–water partition coefficient (Wildman–Crippen LogP) is 2.11. The van der Waals surface area contributed by atoms with Crippen LogP contribution in [0.5, 0.6) is 5.75 Å². The third-order valence-electron chi connectivity index (χ3n) is 4.31. The van der Waals surface area contributed by atoms with Crippen molar-refractivity contribution in [1.82, 2.24) is 14.9 Å². The lowest BCUT2D eigenvalue weighted by molar-refractivity contribution is 0.249. The second kappa shape index (κ2) is 7.79. The lowest BCUT2D eigenvalue weighted by atomic mass is 10.2. The smallest absolute Gasteiger partial charge is 0.144 e. The highest BCUT2D eigenvalue weighted by atomic mass is 79.9. The van der Waals surface area contributed by atoms with E-state index >= 15 is 0 Å². The number of benzene rings is 1. The molecule has 3 rings (SSSR count). The molecule has 0 bridgehead atoms. The molecule has 0 aliphatic carbocycles. The van der Waals surface area contributed by atoms with Crippen LogP contribution in [-0.4, -0.2) is 52.8 Å². The highest BCUT2D eigenvalue weighted by Gasteiger charge is 2.23. The molecule has 2 aromatic rings. The number of methoxy groups -OCH3 is 1. The molecule has 25 heavy (non-hydrogen) atoms. The molecule has 7 nitrogen and oxygen atoms in total. The van der Waals surface area contributed by atoms with E-state index in [4.69, 9.17) is 15.9 Å². The zero-order valence-electron chi connectivity index (χ0n) is 14.1. The van der Waals surface area contributed by atoms with Crippen molar-refractivity contribution in [3.8, 4) is 5.75 Å². The van der Waals surface area contributed by atoms with Crippen LogP contribution in [0.2, 0.25) is 0 Å². The first kappa shape index (κ1) is 17.6. The highest BCUT2D eigenvalue weighted by molar-refractivity contribution is 9.18. The molecule has 3 N–H and O–H groups in total. The predicted molar refractivity (Wildman–Crippen MR) is 103 cm³/mol. The van der Waals surface area contributed by atoms with Crippen LogP contribution < -0.4 is 15.4 Å². The van der Waals surface area contributed by atoms with Gasteiger partial charge in [-0.25, -0.2) is 9.97 Å². The number of nitrogens with zero attached hydrogens (tertiary/aromatic N) is 4. The Bertz CT molecular complexity index is 743. The van der Waals surface area contributed by atoms with Crippen LogP contribution in [0.15, 0.2) is 30.6 Å². The second-order valence-corrected chi connectivity index (χ2v) is 6.68. The Morgan fingerprint density at radius 2 is 1.88 bits per heavy atom. The van der Waals surface area contributed by atoms with E-state index in [1.54, 1.807) is 7.11 Å². The molecule has 8 heteroatoms. The first-order chi connectivity index (χ1) is 12.1. The van der Waals surface area contributed by atoms with Gasteiger partial charge in [0.2, 0.25) is 0 Å². The number of rotatable bonds is 5. The highest BCUT2D eigenvalue weighted by Crippen LogP contribution is 2.25. The Hall–Kier alpha value is -2.19. The van der Waals surface area contributed by atoms with Crippen molar-refractivity contribution < 1.29 is 4.74 Å². The quantitative estimate of drug-likeness (QED) is 0.741. The second-order valence-electron chi connectivity index (χ2n) is 5.88. The number of halogens is 1. The van der Waals surface area contributed by atoms with Gasteiger partial charge in [-0.05, 0) is 33.6 Å². The molecule has 1 fully saturated rings. The molecule has 0 atom stereocenters. The summed E-state index contributed by atoms with van der Waals surface area (Å²) >= 11 is 3.19. The summed E-state index contributed by atoms with van der Waals surface area (Å²) in [5.41, 5.74) is 7.74. The van der Waals surface area contributed by atoms with Gasteiger partial charge in [-0.2, -0.15) is 0 Å². The average molecular weight is 405 g/mol. The minimum Gasteiger partial charge on any atom is -0.497 e. The molecule has 0 unspecified atom stereocenters. The number of aromatic nitrogens is 2. The van der Waals surface area contributed by atoms with E-state index in [2.05, 4.69) is 47.8 Å². The average Bonchev–Trinajstić information content (AvgIpc) is 2.62. The minimum absolute atomic E-state index is 0.210. The first-order valence-electron chi connectivity index (χ1n) is 8.03. The van der Waals surface area contributed by atoms with E-state index in [0.29, 0.717) is 11.4 Å². The van der Waals surface area contributed by atoms with Gasteiger partial charge in [-0.1, -0.05) is 12.1 Å². The molecule has 132 valence electrons. The van der Waals surface area contributed by atoms with Crippen LogP contribution in [0.1, 0.15) is 11.1 Å². The summed E-state index contributed by atoms with van der Waals surface area (Å²) in [7, 11) is 1.68. The number of nitrogens with one attached hydrogen (secondary N) is 1. The van der Waals surface area contributed by atoms with Gasteiger partial charge in [-0.15, -0.1) is 0 Å². The fourth-order valence-corrected chi connectivity index (χ4v) is 3.33. The third kappa shape index (κ3) is 4.08. The SMILES string of the molecule is COc1ccc(CN2CCN(c3ncnc(N)c3C(=N)Br)CC2)cc1. The maximum Gasteiger partial charge on any atom is 0.144 e. The van der Waals surface area contributed by atoms with E-state index in [0.717, 1.165) is 44.3 Å². The minimum atomic E-state index is 0.210. The summed E-state index contributed by atoms with van der Waals surface area (Å²) in [5.74, 6) is 1.92. The van der Waals surface area contributed by atoms with E-state index in [-0.39, 0.29) is 4.62 Å². The van der Waals surface area contributed by atoms with Crippen LogP contribution in [0.25, 0.3) is 0 Å². The van der Waals surface area contributed by atoms with Crippen molar-refractivity contribution in [2.75, 3.05) is 43.9 Å². The molecule has 1 aromatic heterocycles. The number of nitrogens with two attached hydrogens (primary N) is 1. The fraction of sp³-hybridized carbons (Fsp3) is 0.353. The molecule has 0 amide bonds. The largest absolute Gasteiger partial charge is 0.497 e. The molecule has 0 spiro atoms. The van der Waals surface area contributed by atoms with Gasteiger partial charge in [-0.3, -0.25) is 10.3 Å². The fourth-order valence-electron chi connectivity index (χ4n) is 2.95. The van der Waals surface area contributed by atoms with Crippen LogP contribution in [-0.2, 0) is 6.54 Å². The normalized spacial score (nSPS) is 15.2. The van der Waals surface area contributed by atoms with E-state index in [9.17, 15) is 0 Å². The summed E-state index contributed by atoms with van der Waals surface area (Å²) in [5, 5.41) is 7.87. The van der Waals surface area contributed by atoms with Crippen molar-refractivity contribution in [2.45, 2.75) is 6.54 Å². The number of piperazine rings is 1. The van der Waals surface area contributed by atoms with Crippen LogP contribution in [0.4, 0.5) is 11.6 Å². The van der Waals surface area contributed by atoms with Crippen molar-refractivity contribution in [2.24, 2.45) is 0 Å². The van der Waals surface area contributed by atoms with Gasteiger partial charge in [0, 0.05) is 32.7 Å². The molecule has 1 aliphatic heterocycles. The maximum atomic E-state index is 7.87. The summed E-state index contributed by atoms with van der Waals surface area (Å²) in [6.45, 7) is 4.42. The zero-order valence-corrected chi connectivity index (χ0v) is 15.7.